The van der Waals surface area contributed by atoms with Gasteiger partial charge in [-0.25, -0.2) is 0 Å². The zero-order valence-electron chi connectivity index (χ0n) is 17.3. The van der Waals surface area contributed by atoms with Gasteiger partial charge in [-0.2, -0.15) is 0 Å². The Labute approximate surface area is 159 Å². The zero-order chi connectivity index (χ0) is 19.3. The van der Waals surface area contributed by atoms with Crippen molar-refractivity contribution in [1.82, 2.24) is 0 Å². The fraction of sp³-hybridized carbons (Fsp3) is 0.458. The second kappa shape index (κ2) is 9.02. The molecule has 2 heteroatoms. The minimum Gasteiger partial charge on any atom is -0.374 e. The second-order valence-corrected chi connectivity index (χ2v) is 7.73. The van der Waals surface area contributed by atoms with Crippen LogP contribution in [0.15, 0.2) is 30.3 Å². The van der Waals surface area contributed by atoms with Crippen molar-refractivity contribution in [1.29, 1.82) is 5.41 Å². The second-order valence-electron chi connectivity index (χ2n) is 7.73. The predicted octanol–water partition coefficient (Wildman–Crippen LogP) is 6.27. The molecule has 0 unspecified atom stereocenters. The summed E-state index contributed by atoms with van der Waals surface area (Å²) >= 11 is 0. The molecule has 0 radical (unpaired) electrons. The van der Waals surface area contributed by atoms with Crippen LogP contribution in [-0.4, -0.2) is 19.8 Å². The Hall–Kier alpha value is -2.09. The van der Waals surface area contributed by atoms with Gasteiger partial charge in [-0.05, 0) is 71.7 Å². The highest BCUT2D eigenvalue weighted by atomic mass is 15.1. The van der Waals surface area contributed by atoms with Crippen molar-refractivity contribution in [2.24, 2.45) is 5.92 Å². The third kappa shape index (κ3) is 4.55. The first-order valence-electron chi connectivity index (χ1n) is 9.89. The van der Waals surface area contributed by atoms with Crippen LogP contribution in [0, 0.1) is 18.3 Å². The van der Waals surface area contributed by atoms with Crippen LogP contribution in [0.3, 0.4) is 0 Å². The predicted molar refractivity (Wildman–Crippen MR) is 116 cm³/mol. The highest BCUT2D eigenvalue weighted by Gasteiger charge is 2.15. The molecule has 0 aromatic heterocycles. The lowest BCUT2D eigenvalue weighted by molar-refractivity contribution is 0.638. The monoisotopic (exact) mass is 350 g/mol. The first-order chi connectivity index (χ1) is 12.4. The van der Waals surface area contributed by atoms with Crippen molar-refractivity contribution in [2.75, 3.05) is 18.5 Å². The molecule has 0 bridgehead atoms. The number of benzene rings is 2. The van der Waals surface area contributed by atoms with Gasteiger partial charge < -0.3 is 10.3 Å². The summed E-state index contributed by atoms with van der Waals surface area (Å²) in [4.78, 5) is 2.38. The maximum absolute atomic E-state index is 7.78. The van der Waals surface area contributed by atoms with E-state index < -0.39 is 0 Å². The molecule has 0 saturated carbocycles. The Kier molecular flexibility index (Phi) is 7.02. The number of nitrogens with one attached hydrogen (secondary N) is 1. The fourth-order valence-corrected chi connectivity index (χ4v) is 3.69. The summed E-state index contributed by atoms with van der Waals surface area (Å²) in [5, 5.41) is 7.78. The van der Waals surface area contributed by atoms with Crippen LogP contribution in [0.1, 0.15) is 56.4 Å². The molecular formula is C24H34N2. The van der Waals surface area contributed by atoms with E-state index in [1.165, 1.54) is 39.7 Å². The molecule has 0 aliphatic carbocycles. The molecule has 0 saturated heterocycles. The van der Waals surface area contributed by atoms with Gasteiger partial charge in [-0.15, -0.1) is 0 Å². The minimum absolute atomic E-state index is 0.614. The van der Waals surface area contributed by atoms with Crippen molar-refractivity contribution in [2.45, 2.75) is 53.9 Å². The third-order valence-electron chi connectivity index (χ3n) is 5.02. The topological polar surface area (TPSA) is 27.1 Å². The van der Waals surface area contributed by atoms with Crippen molar-refractivity contribution in [3.05, 3.63) is 52.6 Å². The normalized spacial score (nSPS) is 11.0. The Morgan fingerprint density at radius 3 is 2.38 bits per heavy atom. The average molecular weight is 351 g/mol. The number of aryl methyl sites for hydroxylation is 3. The number of hydrogen-bond acceptors (Lipinski definition) is 2. The summed E-state index contributed by atoms with van der Waals surface area (Å²) in [6.45, 7) is 12.2. The van der Waals surface area contributed by atoms with Gasteiger partial charge >= 0.3 is 0 Å². The largest absolute Gasteiger partial charge is 0.374 e. The molecule has 0 fully saturated rings. The van der Waals surface area contributed by atoms with Crippen LogP contribution in [0.5, 0.6) is 0 Å². The quantitative estimate of drug-likeness (QED) is 0.558. The molecule has 0 atom stereocenters. The van der Waals surface area contributed by atoms with E-state index >= 15 is 0 Å². The van der Waals surface area contributed by atoms with Gasteiger partial charge in [0.2, 0.25) is 0 Å². The molecule has 0 aliphatic rings. The van der Waals surface area contributed by atoms with Gasteiger partial charge in [-0.3, -0.25) is 0 Å². The molecule has 0 spiro atoms. The van der Waals surface area contributed by atoms with E-state index in [9.17, 15) is 0 Å². The lowest BCUT2D eigenvalue weighted by Crippen LogP contribution is -2.23. The van der Waals surface area contributed by atoms with Crippen molar-refractivity contribution in [3.8, 4) is 11.1 Å². The molecule has 26 heavy (non-hydrogen) atoms. The molecule has 0 amide bonds. The Balaban J connectivity index is 2.63. The van der Waals surface area contributed by atoms with Crippen molar-refractivity contribution >= 4 is 11.9 Å². The van der Waals surface area contributed by atoms with E-state index in [2.05, 4.69) is 76.9 Å². The molecule has 0 aliphatic heterocycles. The molecule has 140 valence electrons. The van der Waals surface area contributed by atoms with Crippen LogP contribution < -0.4 is 4.90 Å². The van der Waals surface area contributed by atoms with Crippen LogP contribution >= 0.6 is 0 Å². The van der Waals surface area contributed by atoms with E-state index in [1.807, 2.05) is 0 Å². The lowest BCUT2D eigenvalue weighted by Gasteiger charge is -2.26. The molecule has 2 rings (SSSR count). The van der Waals surface area contributed by atoms with Crippen molar-refractivity contribution < 1.29 is 0 Å². The third-order valence-corrected chi connectivity index (χ3v) is 5.02. The molecule has 2 aromatic rings. The zero-order valence-corrected chi connectivity index (χ0v) is 17.3. The van der Waals surface area contributed by atoms with E-state index in [-0.39, 0.29) is 0 Å². The maximum Gasteiger partial charge on any atom is 0.0446 e. The van der Waals surface area contributed by atoms with E-state index in [0.717, 1.165) is 31.4 Å². The summed E-state index contributed by atoms with van der Waals surface area (Å²) in [7, 11) is 2.19. The van der Waals surface area contributed by atoms with Gasteiger partial charge in [0.1, 0.15) is 0 Å². The number of rotatable bonds is 8. The van der Waals surface area contributed by atoms with Gasteiger partial charge in [0.25, 0.3) is 0 Å². The van der Waals surface area contributed by atoms with Gasteiger partial charge in [0.15, 0.2) is 0 Å². The summed E-state index contributed by atoms with van der Waals surface area (Å²) in [6.07, 6.45) is 4.71. The first kappa shape index (κ1) is 20.2. The molecule has 1 N–H and O–H groups in total. The van der Waals surface area contributed by atoms with E-state index in [0.29, 0.717) is 5.92 Å². The van der Waals surface area contributed by atoms with Crippen LogP contribution in [0.25, 0.3) is 11.1 Å². The fourth-order valence-electron chi connectivity index (χ4n) is 3.69. The van der Waals surface area contributed by atoms with Gasteiger partial charge in [-0.1, -0.05) is 46.2 Å². The number of nitrogens with zero attached hydrogens (tertiary/aromatic N) is 1. The van der Waals surface area contributed by atoms with E-state index in [1.54, 1.807) is 0 Å². The van der Waals surface area contributed by atoms with Gasteiger partial charge in [0, 0.05) is 31.1 Å². The first-order valence-corrected chi connectivity index (χ1v) is 9.89. The van der Waals surface area contributed by atoms with Crippen LogP contribution in [0.2, 0.25) is 0 Å². The summed E-state index contributed by atoms with van der Waals surface area (Å²) in [6, 6.07) is 11.3. The Bertz CT molecular complexity index is 759. The Morgan fingerprint density at radius 2 is 1.81 bits per heavy atom. The van der Waals surface area contributed by atoms with E-state index in [4.69, 9.17) is 5.41 Å². The highest BCUT2D eigenvalue weighted by Crippen LogP contribution is 2.35. The SMILES string of the molecule is CCCc1cc(-c2ccc(CC)c(C=N)c2)c(N(C)CC(C)C)cc1C. The molecule has 2 aromatic carbocycles. The van der Waals surface area contributed by atoms with Crippen molar-refractivity contribution in [3.63, 3.8) is 0 Å². The van der Waals surface area contributed by atoms with Crippen LogP contribution in [-0.2, 0) is 12.8 Å². The van der Waals surface area contributed by atoms with Gasteiger partial charge in [0.05, 0.1) is 0 Å². The maximum atomic E-state index is 7.78. The van der Waals surface area contributed by atoms with Crippen LogP contribution in [0.4, 0.5) is 5.69 Å². The molecule has 0 heterocycles. The highest BCUT2D eigenvalue weighted by molar-refractivity contribution is 5.86. The minimum atomic E-state index is 0.614. The Morgan fingerprint density at radius 1 is 1.08 bits per heavy atom. The smallest absolute Gasteiger partial charge is 0.0446 e. The average Bonchev–Trinajstić information content (AvgIpc) is 2.62. The standard InChI is InChI=1S/C24H34N2/c1-7-9-20-14-23(21-11-10-19(8-2)22(13-21)15-25)24(12-18(20)5)26(6)16-17(3)4/h10-15,17,25H,7-9,16H2,1-6H3. The summed E-state index contributed by atoms with van der Waals surface area (Å²) < 4.78 is 0. The summed E-state index contributed by atoms with van der Waals surface area (Å²) in [5.41, 5.74) is 8.86. The number of hydrogen-bond donors (Lipinski definition) is 1. The number of anilines is 1. The summed E-state index contributed by atoms with van der Waals surface area (Å²) in [5.74, 6) is 0.614. The molecular weight excluding hydrogens is 316 g/mol. The molecule has 2 nitrogen and oxygen atoms in total. The lowest BCUT2D eigenvalue weighted by atomic mass is 9.92.